The molecule has 0 saturated carbocycles. The van der Waals surface area contributed by atoms with Gasteiger partial charge in [0.15, 0.2) is 5.17 Å². The number of hydrogen-bond donors (Lipinski definition) is 2. The molecule has 0 aliphatic carbocycles. The lowest BCUT2D eigenvalue weighted by atomic mass is 10.1. The molecule has 42 heavy (non-hydrogen) atoms. The van der Waals surface area contributed by atoms with E-state index in [-0.39, 0.29) is 23.8 Å². The molecule has 0 spiro atoms. The Hall–Kier alpha value is -3.46. The molecule has 1 atom stereocenters. The number of sulfonamides is 1. The fourth-order valence-corrected chi connectivity index (χ4v) is 6.29. The highest BCUT2D eigenvalue weighted by Gasteiger charge is 2.39. The lowest BCUT2D eigenvalue weighted by Crippen LogP contribution is -2.35. The van der Waals surface area contributed by atoms with E-state index in [2.05, 4.69) is 10.3 Å². The third-order valence-corrected chi connectivity index (χ3v) is 8.85. The van der Waals surface area contributed by atoms with Gasteiger partial charge in [-0.1, -0.05) is 41.7 Å². The monoisotopic (exact) mass is 634 g/mol. The number of alkyl halides is 2. The number of hydrogen-bond acceptors (Lipinski definition) is 8. The number of carbonyl (C=O) groups excluding carboxylic acids is 2. The number of aliphatic imine (C=N–C) groups is 1. The van der Waals surface area contributed by atoms with Crippen molar-refractivity contribution in [2.45, 2.75) is 40.6 Å². The van der Waals surface area contributed by atoms with Gasteiger partial charge in [0.2, 0.25) is 21.8 Å². The van der Waals surface area contributed by atoms with Gasteiger partial charge in [0.25, 0.3) is 5.76 Å². The molecule has 2 amide bonds. The predicted octanol–water partition coefficient (Wildman–Crippen LogP) is 5.25. The number of amidine groups is 1. The van der Waals surface area contributed by atoms with Gasteiger partial charge in [0.1, 0.15) is 11.0 Å². The molecule has 0 radical (unpaired) electrons. The number of amides is 2. The first kappa shape index (κ1) is 31.5. The molecule has 1 aliphatic heterocycles. The molecule has 222 valence electrons. The summed E-state index contributed by atoms with van der Waals surface area (Å²) in [6.07, 6.45) is 0.320. The van der Waals surface area contributed by atoms with Crippen LogP contribution in [-0.2, 0) is 26.0 Å². The first-order valence-electron chi connectivity index (χ1n) is 12.8. The molecule has 3 N–H and O–H groups in total. The maximum Gasteiger partial charge on any atom is 0.288 e. The van der Waals surface area contributed by atoms with Crippen LogP contribution in [0.1, 0.15) is 18.9 Å². The third-order valence-electron chi connectivity index (χ3n) is 6.02. The van der Waals surface area contributed by atoms with Crippen LogP contribution >= 0.6 is 23.5 Å². The van der Waals surface area contributed by atoms with Gasteiger partial charge < -0.3 is 10.1 Å². The number of carbonyl (C=O) groups is 2. The Kier molecular flexibility index (Phi) is 10.6. The van der Waals surface area contributed by atoms with Crippen molar-refractivity contribution >= 4 is 61.9 Å². The van der Waals surface area contributed by atoms with Gasteiger partial charge in [-0.2, -0.15) is 8.78 Å². The van der Waals surface area contributed by atoms with Gasteiger partial charge in [-0.3, -0.25) is 14.5 Å². The van der Waals surface area contributed by atoms with Crippen LogP contribution in [0.4, 0.5) is 20.2 Å². The smallest absolute Gasteiger partial charge is 0.288 e. The Morgan fingerprint density at radius 1 is 1.12 bits per heavy atom. The van der Waals surface area contributed by atoms with Gasteiger partial charge in [-0.05, 0) is 73.5 Å². The number of ether oxygens (including phenoxy) is 1. The molecule has 0 aromatic heterocycles. The van der Waals surface area contributed by atoms with Crippen molar-refractivity contribution in [3.63, 3.8) is 0 Å². The van der Waals surface area contributed by atoms with Crippen molar-refractivity contribution in [3.05, 3.63) is 78.4 Å². The summed E-state index contributed by atoms with van der Waals surface area (Å²) >= 11 is 1.54. The molecule has 1 unspecified atom stereocenters. The molecule has 1 saturated heterocycles. The molecule has 1 fully saturated rings. The molecule has 0 bridgehead atoms. The van der Waals surface area contributed by atoms with Crippen molar-refractivity contribution in [3.8, 4) is 5.75 Å². The number of thioether (sulfide) groups is 2. The number of rotatable bonds is 12. The summed E-state index contributed by atoms with van der Waals surface area (Å²) in [5, 5.41) is 7.49. The Balaban J connectivity index is 1.52. The van der Waals surface area contributed by atoms with Crippen molar-refractivity contribution in [1.82, 2.24) is 4.90 Å². The molecule has 3 aromatic carbocycles. The molecule has 4 rings (SSSR count). The van der Waals surface area contributed by atoms with E-state index in [0.717, 1.165) is 17.3 Å². The summed E-state index contributed by atoms with van der Waals surface area (Å²) < 4.78 is 54.1. The highest BCUT2D eigenvalue weighted by atomic mass is 32.2. The molecule has 14 heteroatoms. The largest absolute Gasteiger partial charge is 0.494 e. The van der Waals surface area contributed by atoms with E-state index in [1.807, 2.05) is 31.2 Å². The summed E-state index contributed by atoms with van der Waals surface area (Å²) in [6.45, 7) is 2.64. The third kappa shape index (κ3) is 8.53. The van der Waals surface area contributed by atoms with E-state index in [4.69, 9.17) is 9.88 Å². The van der Waals surface area contributed by atoms with E-state index in [1.165, 1.54) is 53.4 Å². The fourth-order valence-electron chi connectivity index (χ4n) is 4.09. The van der Waals surface area contributed by atoms with E-state index in [9.17, 15) is 26.8 Å². The topological polar surface area (TPSA) is 131 Å². The number of benzene rings is 3. The normalized spacial score (nSPS) is 16.3. The number of nitrogens with two attached hydrogens (primary N) is 1. The van der Waals surface area contributed by atoms with Crippen LogP contribution < -0.4 is 15.2 Å². The quantitative estimate of drug-likeness (QED) is 0.260. The number of nitrogens with zero attached hydrogens (tertiary/aromatic N) is 2. The van der Waals surface area contributed by atoms with E-state index in [0.29, 0.717) is 52.0 Å². The van der Waals surface area contributed by atoms with Crippen LogP contribution in [0.3, 0.4) is 0 Å². The van der Waals surface area contributed by atoms with Gasteiger partial charge in [-0.15, -0.1) is 0 Å². The molecule has 3 aromatic rings. The zero-order valence-corrected chi connectivity index (χ0v) is 24.9. The molecular weight excluding hydrogens is 607 g/mol. The maximum absolute atomic E-state index is 13.5. The van der Waals surface area contributed by atoms with Crippen LogP contribution in [-0.4, -0.2) is 54.5 Å². The SMILES string of the molecule is CCOc1ccccc1CCN1C(=O)C(CC(=O)Nc2ccc(SC(F)F)cc2)SC1=Nc1ccc(S(N)(=O)=O)cc1. The summed E-state index contributed by atoms with van der Waals surface area (Å²) in [4.78, 5) is 32.7. The van der Waals surface area contributed by atoms with Gasteiger partial charge >= 0.3 is 0 Å². The summed E-state index contributed by atoms with van der Waals surface area (Å²) in [5.74, 6) is -2.55. The second-order valence-corrected chi connectivity index (χ2v) is 12.8. The first-order valence-corrected chi connectivity index (χ1v) is 16.1. The minimum Gasteiger partial charge on any atom is -0.494 e. The lowest BCUT2D eigenvalue weighted by Gasteiger charge is -2.18. The van der Waals surface area contributed by atoms with Crippen molar-refractivity contribution in [2.75, 3.05) is 18.5 Å². The molecular formula is C28H28F2N4O5S3. The Bertz CT molecular complexity index is 1550. The van der Waals surface area contributed by atoms with Crippen LogP contribution in [0, 0.1) is 0 Å². The highest BCUT2D eigenvalue weighted by Crippen LogP contribution is 2.33. The van der Waals surface area contributed by atoms with Crippen LogP contribution in [0.25, 0.3) is 0 Å². The fraction of sp³-hybridized carbons (Fsp3) is 0.250. The highest BCUT2D eigenvalue weighted by molar-refractivity contribution is 8.15. The Morgan fingerprint density at radius 3 is 2.45 bits per heavy atom. The Morgan fingerprint density at radius 2 is 1.81 bits per heavy atom. The van der Waals surface area contributed by atoms with Crippen molar-refractivity contribution in [1.29, 1.82) is 0 Å². The number of para-hydroxylation sites is 1. The average molecular weight is 635 g/mol. The summed E-state index contributed by atoms with van der Waals surface area (Å²) in [7, 11) is -3.88. The second kappa shape index (κ2) is 14.1. The average Bonchev–Trinajstić information content (AvgIpc) is 3.22. The van der Waals surface area contributed by atoms with Crippen LogP contribution in [0.5, 0.6) is 5.75 Å². The van der Waals surface area contributed by atoms with Gasteiger partial charge in [-0.25, -0.2) is 18.5 Å². The number of nitrogens with one attached hydrogen (secondary N) is 1. The maximum atomic E-state index is 13.5. The zero-order chi connectivity index (χ0) is 30.3. The predicted molar refractivity (Wildman–Crippen MR) is 161 cm³/mol. The van der Waals surface area contributed by atoms with E-state index >= 15 is 0 Å². The molecule has 1 aliphatic rings. The van der Waals surface area contributed by atoms with Crippen molar-refractivity contribution in [2.24, 2.45) is 10.1 Å². The number of halogens is 2. The standard InChI is InChI=1S/C28H28F2N4O5S3/c1-2-39-23-6-4-3-5-18(23)15-16-34-26(36)24(17-25(35)32-19-7-11-21(12-8-19)40-27(29)30)41-28(34)33-20-9-13-22(14-10-20)42(31,37)38/h3-14,24,27H,2,15-17H2,1H3,(H,32,35)(H2,31,37,38). The van der Waals surface area contributed by atoms with E-state index in [1.54, 1.807) is 0 Å². The molecule has 1 heterocycles. The summed E-state index contributed by atoms with van der Waals surface area (Å²) in [5.41, 5.74) is 1.73. The van der Waals surface area contributed by atoms with Crippen LogP contribution in [0.2, 0.25) is 0 Å². The summed E-state index contributed by atoms with van der Waals surface area (Å²) in [6, 6.07) is 19.1. The minimum absolute atomic E-state index is 0.0682. The van der Waals surface area contributed by atoms with Gasteiger partial charge in [0.05, 0.1) is 17.2 Å². The van der Waals surface area contributed by atoms with Crippen LogP contribution in [0.15, 0.2) is 87.6 Å². The second-order valence-electron chi connectivity index (χ2n) is 8.98. The van der Waals surface area contributed by atoms with Gasteiger partial charge in [0, 0.05) is 23.5 Å². The molecule has 9 nitrogen and oxygen atoms in total. The zero-order valence-electron chi connectivity index (χ0n) is 22.4. The number of anilines is 1. The lowest BCUT2D eigenvalue weighted by molar-refractivity contribution is -0.128. The Labute approximate surface area is 251 Å². The minimum atomic E-state index is -3.88. The van der Waals surface area contributed by atoms with Crippen molar-refractivity contribution < 1.29 is 31.5 Å². The van der Waals surface area contributed by atoms with E-state index < -0.39 is 26.9 Å². The first-order chi connectivity index (χ1) is 20.0. The number of primary sulfonamides is 1.